The fourth-order valence-corrected chi connectivity index (χ4v) is 1.74. The van der Waals surface area contributed by atoms with Crippen molar-refractivity contribution in [1.82, 2.24) is 5.32 Å². The van der Waals surface area contributed by atoms with Gasteiger partial charge in [0.05, 0.1) is 6.61 Å². The lowest BCUT2D eigenvalue weighted by atomic mass is 10.0. The van der Waals surface area contributed by atoms with Gasteiger partial charge in [0.15, 0.2) is 0 Å². The Balaban J connectivity index is 2.49. The number of hydrogen-bond acceptors (Lipinski definition) is 4. The SMILES string of the molecule is N[C@@H](COC(F)F)C(=O)N[C@@H](CCc1ccccc1)C(=O)O. The lowest BCUT2D eigenvalue weighted by molar-refractivity contribution is -0.146. The Hall–Kier alpha value is -2.06. The smallest absolute Gasteiger partial charge is 0.345 e. The Morgan fingerprint density at radius 1 is 1.27 bits per heavy atom. The molecule has 0 spiro atoms. The number of rotatable bonds is 9. The maximum absolute atomic E-state index is 11.9. The molecule has 0 unspecified atom stereocenters. The number of carboxylic acids is 1. The Labute approximate surface area is 126 Å². The standard InChI is InChI=1S/C14H18F2N2O4/c15-14(16)22-8-10(17)12(19)18-11(13(20)21)7-6-9-4-2-1-3-5-9/h1-5,10-11,14H,6-8,17H2,(H,18,19)(H,20,21)/t10-,11-/m0/s1. The van der Waals surface area contributed by atoms with Crippen LogP contribution in [-0.4, -0.2) is 42.3 Å². The zero-order valence-electron chi connectivity index (χ0n) is 11.7. The molecule has 0 fully saturated rings. The van der Waals surface area contributed by atoms with Crippen molar-refractivity contribution in [3.63, 3.8) is 0 Å². The molecule has 1 rings (SSSR count). The zero-order chi connectivity index (χ0) is 16.5. The summed E-state index contributed by atoms with van der Waals surface area (Å²) in [6.07, 6.45) is 0.606. The Morgan fingerprint density at radius 3 is 2.45 bits per heavy atom. The fraction of sp³-hybridized carbons (Fsp3) is 0.429. The van der Waals surface area contributed by atoms with Crippen LogP contribution in [0.25, 0.3) is 0 Å². The quantitative estimate of drug-likeness (QED) is 0.624. The number of halogens is 2. The maximum atomic E-state index is 11.9. The summed E-state index contributed by atoms with van der Waals surface area (Å²) in [5.41, 5.74) is 6.28. The molecule has 0 aliphatic carbocycles. The second kappa shape index (κ2) is 9.06. The van der Waals surface area contributed by atoms with E-state index in [4.69, 9.17) is 10.8 Å². The molecule has 122 valence electrons. The van der Waals surface area contributed by atoms with Gasteiger partial charge in [0.2, 0.25) is 5.91 Å². The molecule has 4 N–H and O–H groups in total. The van der Waals surface area contributed by atoms with E-state index in [-0.39, 0.29) is 6.42 Å². The van der Waals surface area contributed by atoms with Crippen molar-refractivity contribution < 1.29 is 28.2 Å². The molecular weight excluding hydrogens is 298 g/mol. The number of carbonyl (C=O) groups is 2. The molecule has 22 heavy (non-hydrogen) atoms. The van der Waals surface area contributed by atoms with Crippen LogP contribution in [0.2, 0.25) is 0 Å². The van der Waals surface area contributed by atoms with Crippen LogP contribution in [0.4, 0.5) is 8.78 Å². The number of carbonyl (C=O) groups excluding carboxylic acids is 1. The van der Waals surface area contributed by atoms with Crippen LogP contribution < -0.4 is 11.1 Å². The lowest BCUT2D eigenvalue weighted by Gasteiger charge is -2.17. The monoisotopic (exact) mass is 316 g/mol. The van der Waals surface area contributed by atoms with Gasteiger partial charge in [0.25, 0.3) is 0 Å². The number of benzene rings is 1. The summed E-state index contributed by atoms with van der Waals surface area (Å²) in [7, 11) is 0. The molecule has 0 aromatic heterocycles. The minimum atomic E-state index is -3.03. The molecule has 0 aliphatic heterocycles. The van der Waals surface area contributed by atoms with E-state index in [9.17, 15) is 18.4 Å². The highest BCUT2D eigenvalue weighted by Gasteiger charge is 2.23. The molecule has 0 aliphatic rings. The Bertz CT molecular complexity index is 485. The topological polar surface area (TPSA) is 102 Å². The molecule has 1 aromatic rings. The minimum absolute atomic E-state index is 0.160. The molecule has 6 nitrogen and oxygen atoms in total. The third-order valence-corrected chi connectivity index (χ3v) is 2.92. The predicted molar refractivity (Wildman–Crippen MR) is 74.3 cm³/mol. The molecule has 1 aromatic carbocycles. The third-order valence-electron chi connectivity index (χ3n) is 2.92. The normalized spacial score (nSPS) is 13.6. The van der Waals surface area contributed by atoms with Gasteiger partial charge in [-0.05, 0) is 18.4 Å². The van der Waals surface area contributed by atoms with Gasteiger partial charge in [-0.1, -0.05) is 30.3 Å². The van der Waals surface area contributed by atoms with Gasteiger partial charge in [-0.2, -0.15) is 8.78 Å². The number of nitrogens with two attached hydrogens (primary N) is 1. The predicted octanol–water partition coefficient (Wildman–Crippen LogP) is 0.755. The van der Waals surface area contributed by atoms with Gasteiger partial charge in [-0.15, -0.1) is 0 Å². The number of nitrogens with one attached hydrogen (secondary N) is 1. The van der Waals surface area contributed by atoms with Crippen LogP contribution in [0.15, 0.2) is 30.3 Å². The molecule has 0 saturated carbocycles. The van der Waals surface area contributed by atoms with E-state index < -0.39 is 37.2 Å². The summed E-state index contributed by atoms with van der Waals surface area (Å²) >= 11 is 0. The van der Waals surface area contributed by atoms with Crippen molar-refractivity contribution >= 4 is 11.9 Å². The van der Waals surface area contributed by atoms with E-state index in [1.54, 1.807) is 0 Å². The summed E-state index contributed by atoms with van der Waals surface area (Å²) in [6.45, 7) is -3.72. The van der Waals surface area contributed by atoms with E-state index in [0.717, 1.165) is 5.56 Å². The van der Waals surface area contributed by atoms with Crippen LogP contribution in [0.5, 0.6) is 0 Å². The summed E-state index contributed by atoms with van der Waals surface area (Å²) < 4.78 is 27.6. The second-order valence-corrected chi connectivity index (χ2v) is 4.62. The molecule has 0 bridgehead atoms. The highest BCUT2D eigenvalue weighted by Crippen LogP contribution is 2.06. The van der Waals surface area contributed by atoms with Gasteiger partial charge < -0.3 is 20.9 Å². The van der Waals surface area contributed by atoms with Crippen molar-refractivity contribution in [2.75, 3.05) is 6.61 Å². The lowest BCUT2D eigenvalue weighted by Crippen LogP contribution is -2.50. The number of ether oxygens (including phenoxy) is 1. The maximum Gasteiger partial charge on any atom is 0.345 e. The van der Waals surface area contributed by atoms with Crippen LogP contribution >= 0.6 is 0 Å². The molecule has 1 amide bonds. The van der Waals surface area contributed by atoms with Gasteiger partial charge in [0, 0.05) is 0 Å². The Kier molecular flexibility index (Phi) is 7.41. The number of aryl methyl sites for hydroxylation is 1. The summed E-state index contributed by atoms with van der Waals surface area (Å²) in [5.74, 6) is -2.06. The average molecular weight is 316 g/mol. The van der Waals surface area contributed by atoms with Crippen molar-refractivity contribution in [1.29, 1.82) is 0 Å². The van der Waals surface area contributed by atoms with E-state index >= 15 is 0 Å². The first-order valence-electron chi connectivity index (χ1n) is 6.62. The highest BCUT2D eigenvalue weighted by atomic mass is 19.3. The largest absolute Gasteiger partial charge is 0.480 e. The van der Waals surface area contributed by atoms with Crippen LogP contribution in [0.1, 0.15) is 12.0 Å². The van der Waals surface area contributed by atoms with Gasteiger partial charge >= 0.3 is 12.6 Å². The second-order valence-electron chi connectivity index (χ2n) is 4.62. The van der Waals surface area contributed by atoms with Gasteiger partial charge in [-0.3, -0.25) is 4.79 Å². The first-order valence-corrected chi connectivity index (χ1v) is 6.62. The molecule has 0 radical (unpaired) electrons. The first kappa shape index (κ1) is 18.0. The summed E-state index contributed by atoms with van der Waals surface area (Å²) in [6, 6.07) is 6.65. The van der Waals surface area contributed by atoms with E-state index in [1.807, 2.05) is 30.3 Å². The highest BCUT2D eigenvalue weighted by molar-refractivity contribution is 5.86. The molecule has 0 heterocycles. The van der Waals surface area contributed by atoms with Gasteiger partial charge in [0.1, 0.15) is 12.1 Å². The van der Waals surface area contributed by atoms with Crippen LogP contribution in [0, 0.1) is 0 Å². The molecular formula is C14H18F2N2O4. The number of hydrogen-bond donors (Lipinski definition) is 3. The van der Waals surface area contributed by atoms with Crippen LogP contribution in [0.3, 0.4) is 0 Å². The third kappa shape index (κ3) is 6.59. The molecule has 0 saturated heterocycles. The number of aliphatic carboxylic acids is 1. The fourth-order valence-electron chi connectivity index (χ4n) is 1.74. The van der Waals surface area contributed by atoms with Crippen molar-refractivity contribution in [3.8, 4) is 0 Å². The summed E-state index contributed by atoms with van der Waals surface area (Å²) in [4.78, 5) is 22.8. The number of alkyl halides is 2. The Morgan fingerprint density at radius 2 is 1.91 bits per heavy atom. The van der Waals surface area contributed by atoms with Crippen molar-refractivity contribution in [3.05, 3.63) is 35.9 Å². The zero-order valence-corrected chi connectivity index (χ0v) is 11.7. The van der Waals surface area contributed by atoms with Crippen molar-refractivity contribution in [2.45, 2.75) is 31.5 Å². The molecule has 8 heteroatoms. The average Bonchev–Trinajstić information content (AvgIpc) is 2.49. The first-order chi connectivity index (χ1) is 10.4. The van der Waals surface area contributed by atoms with Crippen molar-refractivity contribution in [2.24, 2.45) is 5.73 Å². The van der Waals surface area contributed by atoms with E-state index in [0.29, 0.717) is 6.42 Å². The molecule has 2 atom stereocenters. The van der Waals surface area contributed by atoms with E-state index in [1.165, 1.54) is 0 Å². The van der Waals surface area contributed by atoms with E-state index in [2.05, 4.69) is 10.1 Å². The van der Waals surface area contributed by atoms with Crippen LogP contribution in [-0.2, 0) is 20.7 Å². The number of amides is 1. The summed E-state index contributed by atoms with van der Waals surface area (Å²) in [5, 5.41) is 11.3. The number of carboxylic acid groups (broad SMARTS) is 1. The minimum Gasteiger partial charge on any atom is -0.480 e. The van der Waals surface area contributed by atoms with Gasteiger partial charge in [-0.25, -0.2) is 4.79 Å².